The van der Waals surface area contributed by atoms with Crippen LogP contribution in [0.1, 0.15) is 11.1 Å². The number of nitrogens with zero attached hydrogens (tertiary/aromatic N) is 2. The molecule has 3 aromatic carbocycles. The highest BCUT2D eigenvalue weighted by atomic mass is 32.2. The van der Waals surface area contributed by atoms with Gasteiger partial charge in [0.2, 0.25) is 11.8 Å². The van der Waals surface area contributed by atoms with E-state index in [2.05, 4.69) is 20.6 Å². The van der Waals surface area contributed by atoms with Gasteiger partial charge in [0.15, 0.2) is 8.68 Å². The highest BCUT2D eigenvalue weighted by Gasteiger charge is 2.12. The molecule has 0 radical (unpaired) electrons. The number of thioether (sulfide) groups is 2. The Morgan fingerprint density at radius 1 is 0.838 bits per heavy atom. The van der Waals surface area contributed by atoms with Crippen LogP contribution in [0, 0.1) is 13.8 Å². The molecule has 188 valence electrons. The van der Waals surface area contributed by atoms with Gasteiger partial charge in [-0.2, -0.15) is 0 Å². The molecule has 0 aliphatic carbocycles. The fourth-order valence-electron chi connectivity index (χ4n) is 3.55. The van der Waals surface area contributed by atoms with Crippen LogP contribution in [0.3, 0.4) is 0 Å². The van der Waals surface area contributed by atoms with Crippen molar-refractivity contribution in [3.05, 3.63) is 65.7 Å². The van der Waals surface area contributed by atoms with E-state index in [-0.39, 0.29) is 23.3 Å². The summed E-state index contributed by atoms with van der Waals surface area (Å²) in [5, 5.41) is 5.93. The number of thiazole rings is 2. The average Bonchev–Trinajstić information content (AvgIpc) is 3.47. The van der Waals surface area contributed by atoms with E-state index in [0.29, 0.717) is 11.4 Å². The maximum absolute atomic E-state index is 12.5. The lowest BCUT2D eigenvalue weighted by Gasteiger charge is -2.09. The zero-order chi connectivity index (χ0) is 25.9. The van der Waals surface area contributed by atoms with Crippen LogP contribution in [0.25, 0.3) is 20.4 Å². The number of aryl methyl sites for hydroxylation is 1. The summed E-state index contributed by atoms with van der Waals surface area (Å²) in [6, 6.07) is 17.1. The van der Waals surface area contributed by atoms with Crippen LogP contribution < -0.4 is 16.4 Å². The quantitative estimate of drug-likeness (QED) is 0.144. The molecule has 0 spiro atoms. The molecule has 7 nitrogen and oxygen atoms in total. The van der Waals surface area contributed by atoms with Crippen molar-refractivity contribution in [3.63, 3.8) is 0 Å². The Bertz CT molecular complexity index is 1630. The van der Waals surface area contributed by atoms with Crippen molar-refractivity contribution in [1.29, 1.82) is 0 Å². The van der Waals surface area contributed by atoms with Crippen LogP contribution in [0.15, 0.2) is 63.3 Å². The van der Waals surface area contributed by atoms with Gasteiger partial charge in [0.05, 0.1) is 31.9 Å². The van der Waals surface area contributed by atoms with Crippen molar-refractivity contribution >= 4 is 95.5 Å². The standard InChI is InChI=1S/C26H23N5O2S4/c1-14-4-3-5-18(15(14)2)29-24(33)13-35-26-31-20-9-7-17(11-22(20)37-26)28-23(32)12-34-25-30-19-8-6-16(27)10-21(19)36-25/h3-11H,12-13,27H2,1-2H3,(H,28,32)(H,29,33). The highest BCUT2D eigenvalue weighted by Crippen LogP contribution is 2.33. The number of hydrogen-bond acceptors (Lipinski definition) is 9. The summed E-state index contributed by atoms with van der Waals surface area (Å²) in [4.78, 5) is 34.2. The fraction of sp³-hybridized carbons (Fsp3) is 0.154. The lowest BCUT2D eigenvalue weighted by molar-refractivity contribution is -0.114. The summed E-state index contributed by atoms with van der Waals surface area (Å²) in [7, 11) is 0. The summed E-state index contributed by atoms with van der Waals surface area (Å²) >= 11 is 5.83. The van der Waals surface area contributed by atoms with E-state index < -0.39 is 0 Å². The summed E-state index contributed by atoms with van der Waals surface area (Å²) in [6.45, 7) is 4.02. The number of benzene rings is 3. The predicted molar refractivity (Wildman–Crippen MR) is 158 cm³/mol. The summed E-state index contributed by atoms with van der Waals surface area (Å²) in [6.07, 6.45) is 0. The third-order valence-electron chi connectivity index (χ3n) is 5.58. The normalized spacial score (nSPS) is 11.2. The van der Waals surface area contributed by atoms with Gasteiger partial charge in [-0.3, -0.25) is 9.59 Å². The highest BCUT2D eigenvalue weighted by molar-refractivity contribution is 8.02. The summed E-state index contributed by atoms with van der Waals surface area (Å²) in [5.74, 6) is 0.351. The number of aromatic nitrogens is 2. The number of nitrogen functional groups attached to an aromatic ring is 1. The molecule has 11 heteroatoms. The number of rotatable bonds is 8. The first-order valence-electron chi connectivity index (χ1n) is 11.3. The minimum atomic E-state index is -0.106. The Labute approximate surface area is 230 Å². The lowest BCUT2D eigenvalue weighted by atomic mass is 10.1. The molecule has 2 amide bonds. The summed E-state index contributed by atoms with van der Waals surface area (Å²) < 4.78 is 3.60. The van der Waals surface area contributed by atoms with Crippen molar-refractivity contribution in [2.45, 2.75) is 22.5 Å². The third kappa shape index (κ3) is 6.24. The van der Waals surface area contributed by atoms with Gasteiger partial charge in [-0.25, -0.2) is 9.97 Å². The van der Waals surface area contributed by atoms with Crippen LogP contribution >= 0.6 is 46.2 Å². The molecule has 4 N–H and O–H groups in total. The number of amides is 2. The molecule has 0 unspecified atom stereocenters. The van der Waals surface area contributed by atoms with Crippen molar-refractivity contribution in [3.8, 4) is 0 Å². The van der Waals surface area contributed by atoms with E-state index in [9.17, 15) is 9.59 Å². The first kappa shape index (κ1) is 25.5. The van der Waals surface area contributed by atoms with Crippen LogP contribution in [0.5, 0.6) is 0 Å². The maximum Gasteiger partial charge on any atom is 0.234 e. The Morgan fingerprint density at radius 2 is 1.46 bits per heavy atom. The topological polar surface area (TPSA) is 110 Å². The van der Waals surface area contributed by atoms with E-state index >= 15 is 0 Å². The molecule has 2 heterocycles. The molecule has 0 bridgehead atoms. The number of hydrogen-bond donors (Lipinski definition) is 3. The third-order valence-corrected chi connectivity index (χ3v) is 9.90. The van der Waals surface area contributed by atoms with Gasteiger partial charge >= 0.3 is 0 Å². The SMILES string of the molecule is Cc1cccc(NC(=O)CSc2nc3ccc(NC(=O)CSc4nc5ccc(N)cc5s4)cc3s2)c1C. The number of nitrogens with two attached hydrogens (primary N) is 1. The van der Waals surface area contributed by atoms with Gasteiger partial charge in [-0.1, -0.05) is 35.7 Å². The molecule has 5 rings (SSSR count). The van der Waals surface area contributed by atoms with Crippen LogP contribution in [-0.4, -0.2) is 33.3 Å². The van der Waals surface area contributed by atoms with E-state index in [1.165, 1.54) is 46.2 Å². The van der Waals surface area contributed by atoms with Crippen LogP contribution in [0.4, 0.5) is 17.1 Å². The van der Waals surface area contributed by atoms with Crippen LogP contribution in [-0.2, 0) is 9.59 Å². The largest absolute Gasteiger partial charge is 0.399 e. The molecular formula is C26H23N5O2S4. The Kier molecular flexibility index (Phi) is 7.65. The Morgan fingerprint density at radius 3 is 2.16 bits per heavy atom. The first-order chi connectivity index (χ1) is 17.8. The van der Waals surface area contributed by atoms with Crippen molar-refractivity contribution in [1.82, 2.24) is 9.97 Å². The maximum atomic E-state index is 12.5. The number of fused-ring (bicyclic) bond motifs is 2. The minimum Gasteiger partial charge on any atom is -0.399 e. The van der Waals surface area contributed by atoms with Gasteiger partial charge < -0.3 is 16.4 Å². The minimum absolute atomic E-state index is 0.0694. The first-order valence-corrected chi connectivity index (χ1v) is 14.9. The average molecular weight is 566 g/mol. The van der Waals surface area contributed by atoms with Gasteiger partial charge in [-0.15, -0.1) is 22.7 Å². The number of nitrogens with one attached hydrogen (secondary N) is 2. The number of carbonyl (C=O) groups excluding carboxylic acids is 2. The molecule has 0 atom stereocenters. The molecule has 5 aromatic rings. The number of carbonyl (C=O) groups is 2. The molecule has 0 saturated carbocycles. The van der Waals surface area contributed by atoms with Gasteiger partial charge in [-0.05, 0) is 67.4 Å². The van der Waals surface area contributed by atoms with E-state index in [1.807, 2.05) is 68.4 Å². The molecular weight excluding hydrogens is 543 g/mol. The Hall–Kier alpha value is -3.12. The Balaban J connectivity index is 1.15. The lowest BCUT2D eigenvalue weighted by Crippen LogP contribution is -2.15. The van der Waals surface area contributed by atoms with Gasteiger partial charge in [0.1, 0.15) is 0 Å². The zero-order valence-corrected chi connectivity index (χ0v) is 23.3. The second-order valence-corrected chi connectivity index (χ2v) is 12.8. The van der Waals surface area contributed by atoms with Gasteiger partial charge in [0, 0.05) is 17.1 Å². The zero-order valence-electron chi connectivity index (χ0n) is 20.0. The van der Waals surface area contributed by atoms with Crippen molar-refractivity contribution in [2.75, 3.05) is 27.9 Å². The van der Waals surface area contributed by atoms with E-state index in [4.69, 9.17) is 5.73 Å². The summed E-state index contributed by atoms with van der Waals surface area (Å²) in [5.41, 5.74) is 12.0. The smallest absolute Gasteiger partial charge is 0.234 e. The van der Waals surface area contributed by atoms with E-state index in [0.717, 1.165) is 45.9 Å². The predicted octanol–water partition coefficient (Wildman–Crippen LogP) is 6.57. The molecule has 0 aliphatic rings. The molecule has 2 aromatic heterocycles. The second kappa shape index (κ2) is 11.1. The second-order valence-electron chi connectivity index (χ2n) is 8.29. The molecule has 0 saturated heterocycles. The fourth-order valence-corrected chi connectivity index (χ4v) is 7.37. The number of anilines is 3. The van der Waals surface area contributed by atoms with Crippen LogP contribution in [0.2, 0.25) is 0 Å². The molecule has 0 aliphatic heterocycles. The molecule has 37 heavy (non-hydrogen) atoms. The molecule has 0 fully saturated rings. The monoisotopic (exact) mass is 565 g/mol. The van der Waals surface area contributed by atoms with Crippen molar-refractivity contribution in [2.24, 2.45) is 0 Å². The van der Waals surface area contributed by atoms with E-state index in [1.54, 1.807) is 0 Å². The van der Waals surface area contributed by atoms with Crippen molar-refractivity contribution < 1.29 is 9.59 Å². The van der Waals surface area contributed by atoms with Gasteiger partial charge in [0.25, 0.3) is 0 Å².